The van der Waals surface area contributed by atoms with Gasteiger partial charge in [0.25, 0.3) is 0 Å². The Bertz CT molecular complexity index is 1100. The number of rotatable bonds is 9. The lowest BCUT2D eigenvalue weighted by Gasteiger charge is -2.34. The summed E-state index contributed by atoms with van der Waals surface area (Å²) in [5.74, 6) is 0.616. The first kappa shape index (κ1) is 29.4. The first-order chi connectivity index (χ1) is 17.4. The Morgan fingerprint density at radius 1 is 1.22 bits per heavy atom. The van der Waals surface area contributed by atoms with Crippen LogP contribution >= 0.6 is 22.4 Å². The van der Waals surface area contributed by atoms with Crippen LogP contribution in [0.3, 0.4) is 0 Å². The molecule has 204 valence electrons. The minimum absolute atomic E-state index is 0.0427. The number of halogens is 1. The second kappa shape index (κ2) is 12.6. The lowest BCUT2D eigenvalue weighted by molar-refractivity contribution is -0.148. The number of unbranched alkanes of at least 4 members (excludes halogenated alkanes) is 1. The van der Waals surface area contributed by atoms with E-state index in [1.165, 1.54) is 24.5 Å². The standard InChI is InChI=1S/C28H38FNO5S2/c1-6-8-9-20-18-30(22-12-10-21(29)11-13-22)23-16-25(36-7-2)24(17-26(23)37(32,33)19-20)34-15-14-27(31)35-28(3,4)5/h10-17,20,32-33H,6-9,18-19H2,1-5H3/b15-14+. The van der Waals surface area contributed by atoms with Gasteiger partial charge in [-0.1, -0.05) is 26.7 Å². The zero-order valence-electron chi connectivity index (χ0n) is 22.2. The van der Waals surface area contributed by atoms with E-state index >= 15 is 0 Å². The number of fused-ring (bicyclic) bond motifs is 1. The monoisotopic (exact) mass is 551 g/mol. The first-order valence-corrected chi connectivity index (χ1v) is 15.3. The largest absolute Gasteiger partial charge is 0.463 e. The van der Waals surface area contributed by atoms with Crippen molar-refractivity contribution < 1.29 is 27.8 Å². The van der Waals surface area contributed by atoms with Crippen LogP contribution < -0.4 is 9.64 Å². The summed E-state index contributed by atoms with van der Waals surface area (Å²) in [6, 6.07) is 9.83. The van der Waals surface area contributed by atoms with Crippen LogP contribution in [0.1, 0.15) is 53.9 Å². The van der Waals surface area contributed by atoms with Crippen LogP contribution in [0.15, 0.2) is 58.5 Å². The molecule has 1 aliphatic rings. The second-order valence-corrected chi connectivity index (χ2v) is 13.5. The van der Waals surface area contributed by atoms with Crippen LogP contribution in [-0.4, -0.2) is 38.7 Å². The van der Waals surface area contributed by atoms with Crippen LogP contribution in [0.2, 0.25) is 0 Å². The van der Waals surface area contributed by atoms with E-state index in [2.05, 4.69) is 11.8 Å². The molecule has 1 unspecified atom stereocenters. The molecule has 0 bridgehead atoms. The zero-order chi connectivity index (χ0) is 27.2. The molecule has 0 fully saturated rings. The molecule has 2 aromatic rings. The quantitative estimate of drug-likeness (QED) is 0.141. The number of ether oxygens (including phenoxy) is 2. The summed E-state index contributed by atoms with van der Waals surface area (Å²) in [6.45, 7) is 10.1. The number of carbonyl (C=O) groups is 1. The molecular weight excluding hydrogens is 513 g/mol. The maximum atomic E-state index is 13.7. The van der Waals surface area contributed by atoms with Gasteiger partial charge < -0.3 is 14.4 Å². The molecule has 37 heavy (non-hydrogen) atoms. The van der Waals surface area contributed by atoms with Gasteiger partial charge in [-0.05, 0) is 69.2 Å². The molecule has 0 amide bonds. The van der Waals surface area contributed by atoms with E-state index in [1.54, 1.807) is 50.7 Å². The fourth-order valence-electron chi connectivity index (χ4n) is 4.22. The van der Waals surface area contributed by atoms with Crippen LogP contribution in [0.5, 0.6) is 5.75 Å². The number of esters is 1. The molecule has 0 aliphatic carbocycles. The Morgan fingerprint density at radius 3 is 2.54 bits per heavy atom. The highest BCUT2D eigenvalue weighted by atomic mass is 32.3. The zero-order valence-corrected chi connectivity index (χ0v) is 23.8. The lowest BCUT2D eigenvalue weighted by atomic mass is 10.0. The summed E-state index contributed by atoms with van der Waals surface area (Å²) in [6.07, 6.45) is 5.32. The molecule has 0 radical (unpaired) electrons. The highest BCUT2D eigenvalue weighted by Gasteiger charge is 2.34. The highest BCUT2D eigenvalue weighted by molar-refractivity contribution is 8.24. The molecule has 2 N–H and O–H groups in total. The summed E-state index contributed by atoms with van der Waals surface area (Å²) in [7, 11) is -3.15. The Morgan fingerprint density at radius 2 is 1.92 bits per heavy atom. The number of hydrogen-bond donors (Lipinski definition) is 2. The average molecular weight is 552 g/mol. The molecule has 1 atom stereocenters. The van der Waals surface area contributed by atoms with Gasteiger partial charge >= 0.3 is 5.97 Å². The van der Waals surface area contributed by atoms with Crippen LogP contribution in [0.25, 0.3) is 0 Å². The molecule has 0 saturated heterocycles. The van der Waals surface area contributed by atoms with E-state index in [0.717, 1.165) is 35.6 Å². The predicted octanol–water partition coefficient (Wildman–Crippen LogP) is 8.24. The van der Waals surface area contributed by atoms with E-state index in [9.17, 15) is 18.3 Å². The van der Waals surface area contributed by atoms with Crippen molar-refractivity contribution in [1.29, 1.82) is 0 Å². The molecular formula is C28H38FNO5S2. The van der Waals surface area contributed by atoms with Crippen LogP contribution in [0, 0.1) is 11.7 Å². The number of thioether (sulfide) groups is 1. The molecule has 6 nitrogen and oxygen atoms in total. The predicted molar refractivity (Wildman–Crippen MR) is 151 cm³/mol. The normalized spacial score (nSPS) is 18.3. The topological polar surface area (TPSA) is 79.2 Å². The van der Waals surface area contributed by atoms with E-state index in [0.29, 0.717) is 22.9 Å². The Balaban J connectivity index is 2.06. The minimum atomic E-state index is -3.15. The van der Waals surface area contributed by atoms with Gasteiger partial charge in [-0.15, -0.1) is 11.8 Å². The molecule has 1 aliphatic heterocycles. The van der Waals surface area contributed by atoms with Crippen LogP contribution in [0.4, 0.5) is 15.8 Å². The highest BCUT2D eigenvalue weighted by Crippen LogP contribution is 2.59. The van der Waals surface area contributed by atoms with Crippen molar-refractivity contribution in [3.8, 4) is 5.75 Å². The molecule has 2 aromatic carbocycles. The maximum Gasteiger partial charge on any atom is 0.334 e. The van der Waals surface area contributed by atoms with Crippen molar-refractivity contribution >= 4 is 39.7 Å². The van der Waals surface area contributed by atoms with Crippen LogP contribution in [-0.2, 0) is 9.53 Å². The minimum Gasteiger partial charge on any atom is -0.463 e. The summed E-state index contributed by atoms with van der Waals surface area (Å²) < 4.78 is 47.6. The Labute approximate surface area is 225 Å². The number of anilines is 2. The van der Waals surface area contributed by atoms with Crippen molar-refractivity contribution in [3.63, 3.8) is 0 Å². The van der Waals surface area contributed by atoms with Gasteiger partial charge in [0.15, 0.2) is 0 Å². The van der Waals surface area contributed by atoms with Gasteiger partial charge in [0, 0.05) is 24.1 Å². The lowest BCUT2D eigenvalue weighted by Crippen LogP contribution is -2.25. The summed E-state index contributed by atoms with van der Waals surface area (Å²) in [5, 5.41) is 0. The van der Waals surface area contributed by atoms with Crippen molar-refractivity contribution in [1.82, 2.24) is 0 Å². The number of benzene rings is 2. The van der Waals surface area contributed by atoms with Gasteiger partial charge in [0.05, 0.1) is 27.8 Å². The molecule has 0 saturated carbocycles. The summed E-state index contributed by atoms with van der Waals surface area (Å²) in [5.41, 5.74) is 0.834. The first-order valence-electron chi connectivity index (χ1n) is 12.6. The van der Waals surface area contributed by atoms with Gasteiger partial charge in [-0.3, -0.25) is 9.11 Å². The number of hydrogen-bond acceptors (Lipinski definition) is 7. The average Bonchev–Trinajstić information content (AvgIpc) is 2.91. The van der Waals surface area contributed by atoms with E-state index in [4.69, 9.17) is 9.47 Å². The second-order valence-electron chi connectivity index (χ2n) is 10.1. The Kier molecular flexibility index (Phi) is 9.97. The Hall–Kier alpha value is -2.20. The van der Waals surface area contributed by atoms with Crippen molar-refractivity contribution in [2.45, 2.75) is 69.3 Å². The molecule has 9 heteroatoms. The fraction of sp³-hybridized carbons (Fsp3) is 0.464. The third-order valence-electron chi connectivity index (χ3n) is 5.79. The maximum absolute atomic E-state index is 13.7. The SMILES string of the molecule is CCCCC1CN(c2ccc(F)cc2)c2cc(SCC)c(O/C=C/C(=O)OC(C)(C)C)cc2S(O)(O)C1. The third-order valence-corrected chi connectivity index (χ3v) is 8.67. The summed E-state index contributed by atoms with van der Waals surface area (Å²) in [4.78, 5) is 15.3. The van der Waals surface area contributed by atoms with Crippen molar-refractivity contribution in [2.75, 3.05) is 23.0 Å². The van der Waals surface area contributed by atoms with Gasteiger partial charge in [0.1, 0.15) is 17.2 Å². The van der Waals surface area contributed by atoms with Gasteiger partial charge in [-0.25, -0.2) is 9.18 Å². The van der Waals surface area contributed by atoms with Gasteiger partial charge in [-0.2, -0.15) is 10.6 Å². The number of nitrogens with zero attached hydrogens (tertiary/aromatic N) is 1. The van der Waals surface area contributed by atoms with Gasteiger partial charge in [0.2, 0.25) is 0 Å². The molecule has 0 spiro atoms. The molecule has 0 aromatic heterocycles. The van der Waals surface area contributed by atoms with Crippen molar-refractivity contribution in [3.05, 3.63) is 54.6 Å². The third kappa shape index (κ3) is 8.14. The molecule has 3 rings (SSSR count). The number of carbonyl (C=O) groups excluding carboxylic acids is 1. The molecule has 1 heterocycles. The van der Waals surface area contributed by atoms with E-state index < -0.39 is 22.2 Å². The smallest absolute Gasteiger partial charge is 0.334 e. The fourth-order valence-corrected chi connectivity index (χ4v) is 6.89. The van der Waals surface area contributed by atoms with E-state index in [-0.39, 0.29) is 17.5 Å². The van der Waals surface area contributed by atoms with E-state index in [1.807, 2.05) is 13.0 Å². The van der Waals surface area contributed by atoms with Crippen molar-refractivity contribution in [2.24, 2.45) is 5.92 Å². The summed E-state index contributed by atoms with van der Waals surface area (Å²) >= 11 is 1.55.